The van der Waals surface area contributed by atoms with E-state index in [0.717, 1.165) is 16.1 Å². The van der Waals surface area contributed by atoms with E-state index in [0.29, 0.717) is 45.2 Å². The lowest BCUT2D eigenvalue weighted by atomic mass is 10.2. The van der Waals surface area contributed by atoms with Gasteiger partial charge in [0.05, 0.1) is 11.9 Å². The molecule has 0 heterocycles. The van der Waals surface area contributed by atoms with E-state index in [1.807, 2.05) is 0 Å². The van der Waals surface area contributed by atoms with Gasteiger partial charge in [0.2, 0.25) is 15.9 Å². The maximum absolute atomic E-state index is 12.8. The highest BCUT2D eigenvalue weighted by Gasteiger charge is 2.31. The van der Waals surface area contributed by atoms with Crippen LogP contribution in [-0.2, 0) is 20.6 Å². The van der Waals surface area contributed by atoms with Crippen LogP contribution in [0.25, 0.3) is 0 Å². The number of anilines is 1. The van der Waals surface area contributed by atoms with Crippen LogP contribution in [0, 0.1) is 0 Å². The normalized spacial score (nSPS) is 12.4. The third kappa shape index (κ3) is 6.95. The first kappa shape index (κ1) is 25.1. The molecule has 0 aliphatic carbocycles. The van der Waals surface area contributed by atoms with E-state index >= 15 is 0 Å². The topological polar surface area (TPSA) is 66.5 Å². The number of nitrogens with one attached hydrogen (secondary N) is 1. The molecule has 1 atom stereocenters. The van der Waals surface area contributed by atoms with Crippen LogP contribution in [0.1, 0.15) is 18.9 Å². The van der Waals surface area contributed by atoms with Crippen molar-refractivity contribution in [1.82, 2.24) is 5.32 Å². The van der Waals surface area contributed by atoms with Crippen molar-refractivity contribution < 1.29 is 13.2 Å². The van der Waals surface area contributed by atoms with Gasteiger partial charge < -0.3 is 5.32 Å². The second-order valence-corrected chi connectivity index (χ2v) is 10.7. The van der Waals surface area contributed by atoms with Crippen molar-refractivity contribution in [2.24, 2.45) is 0 Å². The van der Waals surface area contributed by atoms with E-state index < -0.39 is 16.1 Å². The largest absolute Gasteiger partial charge is 0.353 e. The summed E-state index contributed by atoms with van der Waals surface area (Å²) >= 11 is 19.9. The fourth-order valence-corrected chi connectivity index (χ4v) is 5.87. The average Bonchev–Trinajstić information content (AvgIpc) is 2.66. The van der Waals surface area contributed by atoms with Gasteiger partial charge in [0.1, 0.15) is 6.04 Å². The van der Waals surface area contributed by atoms with Gasteiger partial charge in [-0.25, -0.2) is 8.42 Å². The van der Waals surface area contributed by atoms with Crippen LogP contribution < -0.4 is 9.62 Å². The molecule has 164 valence electrons. The van der Waals surface area contributed by atoms with Crippen molar-refractivity contribution in [3.05, 3.63) is 63.1 Å². The van der Waals surface area contributed by atoms with Crippen molar-refractivity contribution in [3.63, 3.8) is 0 Å². The molecule has 2 aromatic carbocycles. The molecule has 1 amide bonds. The van der Waals surface area contributed by atoms with E-state index in [1.165, 1.54) is 6.07 Å². The molecule has 2 rings (SSSR count). The molecule has 0 saturated heterocycles. The Bertz CT molecular complexity index is 967. The summed E-state index contributed by atoms with van der Waals surface area (Å²) in [5.74, 6) is 0.878. The zero-order chi connectivity index (χ0) is 22.3. The molecule has 0 bridgehead atoms. The van der Waals surface area contributed by atoms with Crippen molar-refractivity contribution in [3.8, 4) is 0 Å². The van der Waals surface area contributed by atoms with Crippen molar-refractivity contribution in [2.45, 2.75) is 25.1 Å². The van der Waals surface area contributed by atoms with Crippen LogP contribution in [0.3, 0.4) is 0 Å². The standard InChI is InChI=1S/C20H23Cl3N2O3S2/c1-3-19(25(30(2,27)28)15-7-4-6-14(21)12-15)20(26)24-10-11-29-13-16-17(22)8-5-9-18(16)23/h4-9,12,19H,3,10-11,13H2,1-2H3,(H,24,26)/t19-/m1/s1. The van der Waals surface area contributed by atoms with E-state index in [2.05, 4.69) is 5.32 Å². The number of amides is 1. The van der Waals surface area contributed by atoms with Gasteiger partial charge in [-0.15, -0.1) is 0 Å². The van der Waals surface area contributed by atoms with Crippen molar-refractivity contribution in [2.75, 3.05) is 22.9 Å². The summed E-state index contributed by atoms with van der Waals surface area (Å²) in [6, 6.07) is 10.9. The first-order valence-corrected chi connectivity index (χ1v) is 13.3. The summed E-state index contributed by atoms with van der Waals surface area (Å²) in [5, 5.41) is 4.43. The van der Waals surface area contributed by atoms with Gasteiger partial charge in [-0.2, -0.15) is 11.8 Å². The molecular weight excluding hydrogens is 487 g/mol. The molecule has 2 aromatic rings. The molecule has 0 radical (unpaired) electrons. The summed E-state index contributed by atoms with van der Waals surface area (Å²) in [4.78, 5) is 12.8. The lowest BCUT2D eigenvalue weighted by Crippen LogP contribution is -2.49. The third-order valence-electron chi connectivity index (χ3n) is 4.25. The maximum Gasteiger partial charge on any atom is 0.243 e. The van der Waals surface area contributed by atoms with Gasteiger partial charge in [0.25, 0.3) is 0 Å². The zero-order valence-corrected chi connectivity index (χ0v) is 20.5. The molecule has 0 aliphatic rings. The molecule has 0 fully saturated rings. The Morgan fingerprint density at radius 1 is 1.13 bits per heavy atom. The Hall–Kier alpha value is -1.12. The zero-order valence-electron chi connectivity index (χ0n) is 16.6. The van der Waals surface area contributed by atoms with Gasteiger partial charge >= 0.3 is 0 Å². The number of benzene rings is 2. The highest BCUT2D eigenvalue weighted by atomic mass is 35.5. The van der Waals surface area contributed by atoms with Crippen molar-refractivity contribution in [1.29, 1.82) is 0 Å². The highest BCUT2D eigenvalue weighted by Crippen LogP contribution is 2.28. The van der Waals surface area contributed by atoms with Crippen LogP contribution in [0.5, 0.6) is 0 Å². The molecule has 10 heteroatoms. The molecule has 1 N–H and O–H groups in total. The number of rotatable bonds is 10. The molecule has 0 unspecified atom stereocenters. The predicted molar refractivity (Wildman–Crippen MR) is 128 cm³/mol. The molecule has 0 aromatic heterocycles. The van der Waals surface area contributed by atoms with Gasteiger partial charge in [0.15, 0.2) is 0 Å². The minimum absolute atomic E-state index is 0.313. The highest BCUT2D eigenvalue weighted by molar-refractivity contribution is 7.98. The van der Waals surface area contributed by atoms with Crippen LogP contribution in [0.2, 0.25) is 15.1 Å². The Balaban J connectivity index is 1.99. The Kier molecular flexibility index (Phi) is 9.63. The number of carbonyl (C=O) groups is 1. The van der Waals surface area contributed by atoms with Crippen LogP contribution in [-0.4, -0.2) is 38.9 Å². The smallest absolute Gasteiger partial charge is 0.243 e. The number of carbonyl (C=O) groups excluding carboxylic acids is 1. The Labute approximate surface area is 197 Å². The van der Waals surface area contributed by atoms with E-state index in [4.69, 9.17) is 34.8 Å². The molecule has 30 heavy (non-hydrogen) atoms. The minimum atomic E-state index is -3.69. The number of sulfonamides is 1. The van der Waals surface area contributed by atoms with Gasteiger partial charge in [-0.05, 0) is 42.3 Å². The molecule has 5 nitrogen and oxygen atoms in total. The summed E-state index contributed by atoms with van der Waals surface area (Å²) in [7, 11) is -3.69. The summed E-state index contributed by atoms with van der Waals surface area (Å²) in [5.41, 5.74) is 1.21. The summed E-state index contributed by atoms with van der Waals surface area (Å²) < 4.78 is 26.0. The SMILES string of the molecule is CC[C@H](C(=O)NCCSCc1c(Cl)cccc1Cl)N(c1cccc(Cl)c1)S(C)(=O)=O. The van der Waals surface area contributed by atoms with Gasteiger partial charge in [-0.3, -0.25) is 9.10 Å². The fraction of sp³-hybridized carbons (Fsp3) is 0.350. The number of nitrogens with zero attached hydrogens (tertiary/aromatic N) is 1. The monoisotopic (exact) mass is 508 g/mol. The lowest BCUT2D eigenvalue weighted by molar-refractivity contribution is -0.122. The molecular formula is C20H23Cl3N2O3S2. The molecule has 0 saturated carbocycles. The summed E-state index contributed by atoms with van der Waals surface area (Å²) in [6.45, 7) is 2.15. The number of halogens is 3. The Morgan fingerprint density at radius 3 is 2.33 bits per heavy atom. The van der Waals surface area contributed by atoms with Crippen molar-refractivity contribution >= 4 is 68.2 Å². The molecule has 0 aliphatic heterocycles. The number of hydrogen-bond donors (Lipinski definition) is 1. The average molecular weight is 510 g/mol. The molecule has 0 spiro atoms. The maximum atomic E-state index is 12.8. The van der Waals surface area contributed by atoms with Crippen LogP contribution in [0.4, 0.5) is 5.69 Å². The van der Waals surface area contributed by atoms with Gasteiger partial charge in [-0.1, -0.05) is 53.9 Å². The summed E-state index contributed by atoms with van der Waals surface area (Å²) in [6.07, 6.45) is 1.39. The fourth-order valence-electron chi connectivity index (χ4n) is 2.88. The second kappa shape index (κ2) is 11.5. The quantitative estimate of drug-likeness (QED) is 0.445. The first-order chi connectivity index (χ1) is 14.1. The Morgan fingerprint density at radius 2 is 1.77 bits per heavy atom. The van der Waals surface area contributed by atoms with Crippen LogP contribution >= 0.6 is 46.6 Å². The first-order valence-electron chi connectivity index (χ1n) is 9.18. The minimum Gasteiger partial charge on any atom is -0.353 e. The predicted octanol–water partition coefficient (Wildman–Crippen LogP) is 5.24. The van der Waals surface area contributed by atoms with E-state index in [9.17, 15) is 13.2 Å². The van der Waals surface area contributed by atoms with E-state index in [1.54, 1.807) is 55.1 Å². The van der Waals surface area contributed by atoms with Gasteiger partial charge in [0, 0.05) is 33.1 Å². The number of thioether (sulfide) groups is 1. The lowest BCUT2D eigenvalue weighted by Gasteiger charge is -2.30. The second-order valence-electron chi connectivity index (χ2n) is 6.51. The third-order valence-corrected chi connectivity index (χ3v) is 7.35. The van der Waals surface area contributed by atoms with E-state index in [-0.39, 0.29) is 5.91 Å². The number of hydrogen-bond acceptors (Lipinski definition) is 4. The van der Waals surface area contributed by atoms with Crippen LogP contribution in [0.15, 0.2) is 42.5 Å².